The molecule has 20 heavy (non-hydrogen) atoms. The fourth-order valence-corrected chi connectivity index (χ4v) is 1.06. The normalized spacial score (nSPS) is 14.7. The number of hydrogen-bond donors (Lipinski definition) is 6. The van der Waals surface area contributed by atoms with Crippen LogP contribution in [0.3, 0.4) is 0 Å². The molecule has 0 spiro atoms. The molecule has 0 aromatic heterocycles. The van der Waals surface area contributed by atoms with Gasteiger partial charge in [0.15, 0.2) is 0 Å². The predicted octanol–water partition coefficient (Wildman–Crippen LogP) is -3.05. The first-order valence-corrected chi connectivity index (χ1v) is 6.38. The van der Waals surface area contributed by atoms with E-state index in [0.717, 1.165) is 13.2 Å². The fourth-order valence-electron chi connectivity index (χ4n) is 1.06. The van der Waals surface area contributed by atoms with Crippen molar-refractivity contribution in [1.29, 1.82) is 0 Å². The molecule has 1 aliphatic rings. The van der Waals surface area contributed by atoms with Crippen LogP contribution in [0.2, 0.25) is 0 Å². The lowest BCUT2D eigenvalue weighted by Crippen LogP contribution is -2.43. The molecule has 0 aromatic carbocycles. The summed E-state index contributed by atoms with van der Waals surface area (Å²) in [4.78, 5) is 0. The molecule has 1 fully saturated rings. The second-order valence-corrected chi connectivity index (χ2v) is 5.05. The minimum Gasteiger partial charge on any atom is -0.396 e. The van der Waals surface area contributed by atoms with E-state index in [9.17, 15) is 0 Å². The van der Waals surface area contributed by atoms with E-state index in [1.165, 1.54) is 0 Å². The summed E-state index contributed by atoms with van der Waals surface area (Å²) in [5.74, 6) is 0. The molecular formula is C12H26O8. The molecule has 0 aliphatic carbocycles. The summed E-state index contributed by atoms with van der Waals surface area (Å²) in [6.45, 7) is -1.01. The van der Waals surface area contributed by atoms with Gasteiger partial charge >= 0.3 is 0 Å². The van der Waals surface area contributed by atoms with E-state index in [-0.39, 0.29) is 13.2 Å². The van der Waals surface area contributed by atoms with Crippen LogP contribution in [0.4, 0.5) is 0 Å². The van der Waals surface area contributed by atoms with Gasteiger partial charge in [0, 0.05) is 0 Å². The molecule has 1 heterocycles. The molecule has 0 radical (unpaired) electrons. The van der Waals surface area contributed by atoms with Crippen molar-refractivity contribution in [2.75, 3.05) is 66.1 Å². The highest BCUT2D eigenvalue weighted by molar-refractivity contribution is 4.80. The minimum atomic E-state index is -1.16. The number of ether oxygens (including phenoxy) is 2. The monoisotopic (exact) mass is 298 g/mol. The third-order valence-electron chi connectivity index (χ3n) is 3.03. The zero-order chi connectivity index (χ0) is 15.5. The fraction of sp³-hybridized carbons (Fsp3) is 1.00. The Labute approximate surface area is 118 Å². The lowest BCUT2D eigenvalue weighted by molar-refractivity contribution is -0.103. The van der Waals surface area contributed by atoms with Gasteiger partial charge in [-0.1, -0.05) is 0 Å². The molecule has 0 unspecified atom stereocenters. The Bertz CT molecular complexity index is 186. The molecule has 0 bridgehead atoms. The van der Waals surface area contributed by atoms with Crippen LogP contribution in [0, 0.1) is 10.8 Å². The standard InChI is InChI=1S/C10H22O7.C2H4O/c11-1-9(2-12,3-13)7-17-8-10(4-14,5-15)6-16;1-2-3-1/h11-16H,1-8H2;1-2H2. The highest BCUT2D eigenvalue weighted by atomic mass is 16.6. The highest BCUT2D eigenvalue weighted by Crippen LogP contribution is 2.19. The number of rotatable bonds is 10. The van der Waals surface area contributed by atoms with Crippen molar-refractivity contribution in [2.45, 2.75) is 0 Å². The summed E-state index contributed by atoms with van der Waals surface area (Å²) in [5, 5.41) is 54.2. The van der Waals surface area contributed by atoms with Crippen molar-refractivity contribution in [2.24, 2.45) is 10.8 Å². The van der Waals surface area contributed by atoms with E-state index < -0.39 is 50.5 Å². The zero-order valence-electron chi connectivity index (χ0n) is 11.6. The van der Waals surface area contributed by atoms with Gasteiger partial charge in [-0.2, -0.15) is 0 Å². The smallest absolute Gasteiger partial charge is 0.0701 e. The van der Waals surface area contributed by atoms with E-state index in [0.29, 0.717) is 0 Å². The van der Waals surface area contributed by atoms with Gasteiger partial charge in [0.1, 0.15) is 0 Å². The van der Waals surface area contributed by atoms with Crippen molar-refractivity contribution in [1.82, 2.24) is 0 Å². The molecule has 0 amide bonds. The summed E-state index contributed by atoms with van der Waals surface area (Å²) >= 11 is 0. The lowest BCUT2D eigenvalue weighted by Gasteiger charge is -2.31. The Balaban J connectivity index is 0.00000105. The summed E-state index contributed by atoms with van der Waals surface area (Å²) in [7, 11) is 0. The van der Waals surface area contributed by atoms with Crippen LogP contribution >= 0.6 is 0 Å². The average Bonchev–Trinajstić information content (AvgIpc) is 3.38. The van der Waals surface area contributed by atoms with Crippen LogP contribution in [0.25, 0.3) is 0 Å². The molecule has 0 atom stereocenters. The first-order chi connectivity index (χ1) is 9.57. The Morgan fingerprint density at radius 2 is 0.900 bits per heavy atom. The van der Waals surface area contributed by atoms with Crippen molar-refractivity contribution < 1.29 is 40.1 Å². The quantitative estimate of drug-likeness (QED) is 0.233. The van der Waals surface area contributed by atoms with Gasteiger partial charge in [0.2, 0.25) is 0 Å². The van der Waals surface area contributed by atoms with Crippen LogP contribution in [-0.2, 0) is 9.47 Å². The van der Waals surface area contributed by atoms with Gasteiger partial charge in [-0.15, -0.1) is 0 Å². The van der Waals surface area contributed by atoms with E-state index >= 15 is 0 Å². The van der Waals surface area contributed by atoms with Crippen molar-refractivity contribution in [3.8, 4) is 0 Å². The molecule has 1 rings (SSSR count). The molecule has 6 N–H and O–H groups in total. The number of aliphatic hydroxyl groups excluding tert-OH is 6. The van der Waals surface area contributed by atoms with Gasteiger partial charge in [-0.25, -0.2) is 0 Å². The van der Waals surface area contributed by atoms with Crippen LogP contribution in [0.15, 0.2) is 0 Å². The second kappa shape index (κ2) is 10.4. The number of epoxide rings is 1. The molecule has 1 aliphatic heterocycles. The largest absolute Gasteiger partial charge is 0.396 e. The Morgan fingerprint density at radius 1 is 0.650 bits per heavy atom. The van der Waals surface area contributed by atoms with Gasteiger partial charge < -0.3 is 40.1 Å². The zero-order valence-corrected chi connectivity index (χ0v) is 11.6. The maximum absolute atomic E-state index is 9.03. The van der Waals surface area contributed by atoms with Crippen molar-refractivity contribution >= 4 is 0 Å². The van der Waals surface area contributed by atoms with E-state index in [1.54, 1.807) is 0 Å². The van der Waals surface area contributed by atoms with Crippen LogP contribution in [0.5, 0.6) is 0 Å². The molecule has 0 aromatic rings. The van der Waals surface area contributed by atoms with E-state index in [1.807, 2.05) is 0 Å². The predicted molar refractivity (Wildman–Crippen MR) is 69.0 cm³/mol. The van der Waals surface area contributed by atoms with Gasteiger partial charge in [0.25, 0.3) is 0 Å². The third kappa shape index (κ3) is 6.91. The molecule has 8 heteroatoms. The molecule has 122 valence electrons. The topological polar surface area (TPSA) is 143 Å². The third-order valence-corrected chi connectivity index (χ3v) is 3.03. The molecule has 8 nitrogen and oxygen atoms in total. The Kier molecular flexibility index (Phi) is 10.2. The Hall–Kier alpha value is -0.320. The average molecular weight is 298 g/mol. The lowest BCUT2D eigenvalue weighted by atomic mass is 9.91. The van der Waals surface area contributed by atoms with E-state index in [2.05, 4.69) is 4.74 Å². The number of aliphatic hydroxyl groups is 6. The van der Waals surface area contributed by atoms with E-state index in [4.69, 9.17) is 35.4 Å². The summed E-state index contributed by atoms with van der Waals surface area (Å²) in [6.07, 6.45) is 0. The summed E-state index contributed by atoms with van der Waals surface area (Å²) in [6, 6.07) is 0. The van der Waals surface area contributed by atoms with Crippen molar-refractivity contribution in [3.63, 3.8) is 0 Å². The maximum Gasteiger partial charge on any atom is 0.0701 e. The second-order valence-electron chi connectivity index (χ2n) is 5.05. The highest BCUT2D eigenvalue weighted by Gasteiger charge is 2.32. The first-order valence-electron chi connectivity index (χ1n) is 6.38. The summed E-state index contributed by atoms with van der Waals surface area (Å²) < 4.78 is 9.65. The molecule has 1 saturated heterocycles. The first kappa shape index (κ1) is 19.7. The minimum absolute atomic E-state index is 0.141. The van der Waals surface area contributed by atoms with Crippen LogP contribution in [0.1, 0.15) is 0 Å². The van der Waals surface area contributed by atoms with Gasteiger partial charge in [0.05, 0.1) is 76.9 Å². The summed E-state index contributed by atoms with van der Waals surface area (Å²) in [5.41, 5.74) is -2.32. The maximum atomic E-state index is 9.03. The van der Waals surface area contributed by atoms with Crippen LogP contribution in [-0.4, -0.2) is 96.7 Å². The Morgan fingerprint density at radius 3 is 1.05 bits per heavy atom. The molecule has 0 saturated carbocycles. The SMILES string of the molecule is C1CO1.OCC(CO)(CO)COCC(CO)(CO)CO. The van der Waals surface area contributed by atoms with Crippen LogP contribution < -0.4 is 0 Å². The van der Waals surface area contributed by atoms with Gasteiger partial charge in [-0.05, 0) is 0 Å². The molecular weight excluding hydrogens is 272 g/mol. The van der Waals surface area contributed by atoms with Crippen molar-refractivity contribution in [3.05, 3.63) is 0 Å². The number of hydrogen-bond acceptors (Lipinski definition) is 8. The van der Waals surface area contributed by atoms with Gasteiger partial charge in [-0.3, -0.25) is 0 Å².